The van der Waals surface area contributed by atoms with Crippen LogP contribution in [-0.2, 0) is 14.8 Å². The number of carbonyl (C=O) groups is 1. The summed E-state index contributed by atoms with van der Waals surface area (Å²) < 4.78 is 37.7. The van der Waals surface area contributed by atoms with Crippen LogP contribution in [0.15, 0.2) is 51.8 Å². The molecule has 2 N–H and O–H groups in total. The van der Waals surface area contributed by atoms with E-state index in [0.717, 1.165) is 0 Å². The number of nitrogens with one attached hydrogen (secondary N) is 2. The highest BCUT2D eigenvalue weighted by Crippen LogP contribution is 2.23. The average molecular weight is 457 g/mol. The molecule has 0 saturated heterocycles. The van der Waals surface area contributed by atoms with E-state index in [1.54, 1.807) is 24.3 Å². The first kappa shape index (κ1) is 21.4. The van der Waals surface area contributed by atoms with E-state index in [1.807, 2.05) is 6.92 Å². The minimum absolute atomic E-state index is 0.00125. The van der Waals surface area contributed by atoms with E-state index in [2.05, 4.69) is 26.0 Å². The summed E-state index contributed by atoms with van der Waals surface area (Å²) in [6.45, 7) is 2.83. The van der Waals surface area contributed by atoms with E-state index in [4.69, 9.17) is 9.47 Å². The third-order valence-electron chi connectivity index (χ3n) is 3.51. The van der Waals surface area contributed by atoms with E-state index in [0.29, 0.717) is 22.5 Å². The minimum Gasteiger partial charge on any atom is -0.494 e. The van der Waals surface area contributed by atoms with Crippen LogP contribution < -0.4 is 14.8 Å². The smallest absolute Gasteiger partial charge is 0.256 e. The van der Waals surface area contributed by atoms with Crippen molar-refractivity contribution in [3.05, 3.63) is 52.5 Å². The lowest BCUT2D eigenvalue weighted by Crippen LogP contribution is -2.27. The number of amides is 1. The van der Waals surface area contributed by atoms with Crippen molar-refractivity contribution < 1.29 is 22.7 Å². The summed E-state index contributed by atoms with van der Waals surface area (Å²) >= 11 is 3.29. The van der Waals surface area contributed by atoms with Crippen LogP contribution in [0.25, 0.3) is 0 Å². The van der Waals surface area contributed by atoms with Gasteiger partial charge in [-0.3, -0.25) is 4.79 Å². The molecule has 146 valence electrons. The van der Waals surface area contributed by atoms with E-state index in [9.17, 15) is 13.2 Å². The second kappa shape index (κ2) is 9.84. The van der Waals surface area contributed by atoms with Crippen LogP contribution in [0, 0.1) is 0 Å². The molecule has 2 aromatic carbocycles. The molecule has 9 heteroatoms. The van der Waals surface area contributed by atoms with Gasteiger partial charge in [-0.1, -0.05) is 0 Å². The van der Waals surface area contributed by atoms with Crippen molar-refractivity contribution in [3.8, 4) is 5.75 Å². The Morgan fingerprint density at radius 2 is 1.85 bits per heavy atom. The Labute approximate surface area is 167 Å². The molecule has 0 bridgehead atoms. The largest absolute Gasteiger partial charge is 0.494 e. The molecule has 0 saturated carbocycles. The summed E-state index contributed by atoms with van der Waals surface area (Å²) in [6.07, 6.45) is 0. The van der Waals surface area contributed by atoms with Gasteiger partial charge in [-0.25, -0.2) is 13.1 Å². The lowest BCUT2D eigenvalue weighted by molar-refractivity contribution is 0.102. The van der Waals surface area contributed by atoms with Gasteiger partial charge in [-0.15, -0.1) is 0 Å². The van der Waals surface area contributed by atoms with Crippen LogP contribution in [0.1, 0.15) is 17.3 Å². The van der Waals surface area contributed by atoms with Gasteiger partial charge in [0.05, 0.1) is 23.7 Å². The maximum atomic E-state index is 12.6. The maximum absolute atomic E-state index is 12.6. The molecule has 27 heavy (non-hydrogen) atoms. The number of benzene rings is 2. The number of hydrogen-bond acceptors (Lipinski definition) is 5. The second-order valence-corrected chi connectivity index (χ2v) is 8.07. The molecule has 0 atom stereocenters. The van der Waals surface area contributed by atoms with E-state index >= 15 is 0 Å². The Morgan fingerprint density at radius 3 is 2.48 bits per heavy atom. The number of carbonyl (C=O) groups excluding carboxylic acids is 1. The van der Waals surface area contributed by atoms with Gasteiger partial charge in [0.2, 0.25) is 10.0 Å². The molecule has 0 radical (unpaired) electrons. The molecule has 0 fully saturated rings. The number of rotatable bonds is 9. The van der Waals surface area contributed by atoms with Crippen LogP contribution in [0.3, 0.4) is 0 Å². The van der Waals surface area contributed by atoms with Crippen molar-refractivity contribution in [2.45, 2.75) is 11.8 Å². The molecule has 0 aliphatic rings. The molecule has 0 spiro atoms. The minimum atomic E-state index is -3.74. The summed E-state index contributed by atoms with van der Waals surface area (Å²) in [5.74, 6) is 0.270. The third-order valence-corrected chi connectivity index (χ3v) is 5.66. The normalized spacial score (nSPS) is 11.2. The summed E-state index contributed by atoms with van der Waals surface area (Å²) in [7, 11) is -2.25. The first-order valence-electron chi connectivity index (χ1n) is 8.19. The third kappa shape index (κ3) is 6.03. The number of sulfonamides is 1. The highest BCUT2D eigenvalue weighted by Gasteiger charge is 2.18. The zero-order valence-electron chi connectivity index (χ0n) is 15.0. The van der Waals surface area contributed by atoms with Crippen LogP contribution >= 0.6 is 15.9 Å². The lowest BCUT2D eigenvalue weighted by atomic mass is 10.2. The number of methoxy groups -OCH3 is 1. The van der Waals surface area contributed by atoms with Gasteiger partial charge in [0, 0.05) is 23.8 Å². The van der Waals surface area contributed by atoms with Crippen molar-refractivity contribution in [2.75, 3.05) is 32.2 Å². The molecule has 0 aliphatic heterocycles. The number of hydrogen-bond donors (Lipinski definition) is 2. The summed E-state index contributed by atoms with van der Waals surface area (Å²) in [4.78, 5) is 12.6. The van der Waals surface area contributed by atoms with Gasteiger partial charge in [0.15, 0.2) is 0 Å². The van der Waals surface area contributed by atoms with Crippen LogP contribution in [0.5, 0.6) is 5.75 Å². The molecule has 0 unspecified atom stereocenters. The number of halogens is 1. The van der Waals surface area contributed by atoms with Crippen molar-refractivity contribution in [3.63, 3.8) is 0 Å². The Balaban J connectivity index is 2.18. The SMILES string of the molecule is CCOc1ccc(NC(=O)c2cc(S(=O)(=O)NCCOC)ccc2Br)cc1. The van der Waals surface area contributed by atoms with Crippen molar-refractivity contribution in [1.82, 2.24) is 4.72 Å². The Morgan fingerprint density at radius 1 is 1.15 bits per heavy atom. The second-order valence-electron chi connectivity index (χ2n) is 5.44. The van der Waals surface area contributed by atoms with Gasteiger partial charge >= 0.3 is 0 Å². The summed E-state index contributed by atoms with van der Waals surface area (Å²) in [5.41, 5.74) is 0.778. The van der Waals surface area contributed by atoms with Gasteiger partial charge < -0.3 is 14.8 Å². The summed E-state index contributed by atoms with van der Waals surface area (Å²) in [5, 5.41) is 2.74. The molecule has 2 rings (SSSR count). The van der Waals surface area contributed by atoms with Crippen LogP contribution in [0.2, 0.25) is 0 Å². The monoisotopic (exact) mass is 456 g/mol. The average Bonchev–Trinajstić information content (AvgIpc) is 2.64. The Bertz CT molecular complexity index is 885. The predicted octanol–water partition coefficient (Wildman–Crippen LogP) is 3.02. The molecule has 0 aromatic heterocycles. The fourth-order valence-electron chi connectivity index (χ4n) is 2.21. The highest BCUT2D eigenvalue weighted by molar-refractivity contribution is 9.10. The van der Waals surface area contributed by atoms with Crippen molar-refractivity contribution in [1.29, 1.82) is 0 Å². The fraction of sp³-hybridized carbons (Fsp3) is 0.278. The van der Waals surface area contributed by atoms with Gasteiger partial charge in [0.1, 0.15) is 5.75 Å². The molecular formula is C18H21BrN2O5S. The van der Waals surface area contributed by atoms with Gasteiger partial charge in [-0.2, -0.15) is 0 Å². The maximum Gasteiger partial charge on any atom is 0.256 e. The standard InChI is InChI=1S/C18H21BrN2O5S/c1-3-26-14-6-4-13(5-7-14)21-18(22)16-12-15(8-9-17(16)19)27(23,24)20-10-11-25-2/h4-9,12,20H,3,10-11H2,1-2H3,(H,21,22). The van der Waals surface area contributed by atoms with Crippen molar-refractivity contribution >= 4 is 37.5 Å². The van der Waals surface area contributed by atoms with Gasteiger partial charge in [-0.05, 0) is 65.3 Å². The number of ether oxygens (including phenoxy) is 2. The van der Waals surface area contributed by atoms with E-state index in [1.165, 1.54) is 25.3 Å². The molecule has 7 nitrogen and oxygen atoms in total. The zero-order valence-corrected chi connectivity index (χ0v) is 17.4. The van der Waals surface area contributed by atoms with Gasteiger partial charge in [0.25, 0.3) is 5.91 Å². The Kier molecular flexibility index (Phi) is 7.78. The molecule has 0 aliphatic carbocycles. The Hall–Kier alpha value is -1.94. The quantitative estimate of drug-likeness (QED) is 0.565. The molecular weight excluding hydrogens is 436 g/mol. The zero-order chi connectivity index (χ0) is 19.9. The topological polar surface area (TPSA) is 93.7 Å². The van der Waals surface area contributed by atoms with Crippen LogP contribution in [-0.4, -0.2) is 41.2 Å². The highest BCUT2D eigenvalue weighted by atomic mass is 79.9. The van der Waals surface area contributed by atoms with E-state index < -0.39 is 15.9 Å². The molecule has 1 amide bonds. The molecule has 0 heterocycles. The molecule has 2 aromatic rings. The van der Waals surface area contributed by atoms with Crippen molar-refractivity contribution in [2.24, 2.45) is 0 Å². The number of anilines is 1. The fourth-order valence-corrected chi connectivity index (χ4v) is 3.67. The first-order chi connectivity index (χ1) is 12.9. The predicted molar refractivity (Wildman–Crippen MR) is 107 cm³/mol. The van der Waals surface area contributed by atoms with Crippen LogP contribution in [0.4, 0.5) is 5.69 Å². The summed E-state index contributed by atoms with van der Waals surface area (Å²) in [6, 6.07) is 11.2. The first-order valence-corrected chi connectivity index (χ1v) is 10.5. The lowest BCUT2D eigenvalue weighted by Gasteiger charge is -2.11. The van der Waals surface area contributed by atoms with E-state index in [-0.39, 0.29) is 23.6 Å².